The van der Waals surface area contributed by atoms with E-state index in [1.807, 2.05) is 18.4 Å². The van der Waals surface area contributed by atoms with Gasteiger partial charge in [-0.15, -0.1) is 11.8 Å². The van der Waals surface area contributed by atoms with Crippen molar-refractivity contribution >= 4 is 11.8 Å². The third-order valence-electron chi connectivity index (χ3n) is 2.43. The van der Waals surface area contributed by atoms with Gasteiger partial charge >= 0.3 is 0 Å². The van der Waals surface area contributed by atoms with Gasteiger partial charge in [0.05, 0.1) is 0 Å². The van der Waals surface area contributed by atoms with Gasteiger partial charge in [-0.2, -0.15) is 0 Å². The average Bonchev–Trinajstić information content (AvgIpc) is 2.42. The van der Waals surface area contributed by atoms with E-state index in [1.54, 1.807) is 30.0 Å². The van der Waals surface area contributed by atoms with Crippen molar-refractivity contribution in [2.24, 2.45) is 5.73 Å². The van der Waals surface area contributed by atoms with Gasteiger partial charge in [0.2, 0.25) is 0 Å². The summed E-state index contributed by atoms with van der Waals surface area (Å²) in [5.41, 5.74) is 5.81. The van der Waals surface area contributed by atoms with Crippen LogP contribution in [0.15, 0.2) is 41.4 Å². The molecule has 0 unspecified atom stereocenters. The predicted octanol–water partition coefficient (Wildman–Crippen LogP) is 3.19. The van der Waals surface area contributed by atoms with Crippen LogP contribution in [-0.2, 0) is 6.54 Å². The second-order valence-electron chi connectivity index (χ2n) is 3.57. The minimum absolute atomic E-state index is 0.0464. The summed E-state index contributed by atoms with van der Waals surface area (Å²) in [4.78, 5) is 4.98. The highest BCUT2D eigenvalue weighted by molar-refractivity contribution is 7.98. The number of nitrogens with zero attached hydrogens (tertiary/aromatic N) is 1. The lowest BCUT2D eigenvalue weighted by Crippen LogP contribution is -2.02. The molecule has 0 fully saturated rings. The first-order valence-corrected chi connectivity index (χ1v) is 6.62. The lowest BCUT2D eigenvalue weighted by atomic mass is 10.2. The minimum Gasteiger partial charge on any atom is -0.436 e. The molecule has 0 aliphatic carbocycles. The second-order valence-corrected chi connectivity index (χ2v) is 4.45. The van der Waals surface area contributed by atoms with Crippen LogP contribution in [0.1, 0.15) is 5.56 Å². The Labute approximate surface area is 109 Å². The van der Waals surface area contributed by atoms with Crippen LogP contribution in [0.3, 0.4) is 0 Å². The van der Waals surface area contributed by atoms with Gasteiger partial charge in [0.1, 0.15) is 5.75 Å². The molecule has 5 heteroatoms. The Morgan fingerprint density at radius 3 is 2.61 bits per heavy atom. The molecule has 1 heterocycles. The molecule has 2 rings (SSSR count). The van der Waals surface area contributed by atoms with E-state index in [-0.39, 0.29) is 12.4 Å². The summed E-state index contributed by atoms with van der Waals surface area (Å²) in [6.45, 7) is 0.121. The van der Waals surface area contributed by atoms with E-state index in [0.29, 0.717) is 11.3 Å². The Morgan fingerprint density at radius 1 is 1.28 bits per heavy atom. The first-order valence-electron chi connectivity index (χ1n) is 5.40. The molecule has 0 spiro atoms. The maximum atomic E-state index is 13.8. The minimum atomic E-state index is -0.506. The van der Waals surface area contributed by atoms with E-state index in [2.05, 4.69) is 4.98 Å². The Hall–Kier alpha value is -1.59. The van der Waals surface area contributed by atoms with E-state index in [4.69, 9.17) is 10.5 Å². The number of pyridine rings is 1. The summed E-state index contributed by atoms with van der Waals surface area (Å²) < 4.78 is 19.2. The van der Waals surface area contributed by atoms with E-state index in [1.165, 1.54) is 6.20 Å². The Morgan fingerprint density at radius 2 is 2.00 bits per heavy atom. The Balaban J connectivity index is 2.22. The maximum absolute atomic E-state index is 13.8. The summed E-state index contributed by atoms with van der Waals surface area (Å²) in [5.74, 6) is -0.00262. The van der Waals surface area contributed by atoms with Crippen LogP contribution >= 0.6 is 11.8 Å². The number of hydrogen-bond donors (Lipinski definition) is 1. The van der Waals surface area contributed by atoms with Gasteiger partial charge in [-0.25, -0.2) is 9.37 Å². The number of rotatable bonds is 4. The van der Waals surface area contributed by atoms with Gasteiger partial charge in [0, 0.05) is 23.2 Å². The molecule has 0 radical (unpaired) electrons. The van der Waals surface area contributed by atoms with Crippen molar-refractivity contribution in [2.45, 2.75) is 11.4 Å². The van der Waals surface area contributed by atoms with Crippen molar-refractivity contribution in [1.82, 2.24) is 4.98 Å². The number of benzene rings is 1. The number of ether oxygens (including phenoxy) is 1. The second kappa shape index (κ2) is 5.84. The lowest BCUT2D eigenvalue weighted by Gasteiger charge is -2.08. The molecular formula is C13H13FN2OS. The lowest BCUT2D eigenvalue weighted by molar-refractivity contribution is 0.419. The Bertz CT molecular complexity index is 531. The fraction of sp³-hybridized carbons (Fsp3) is 0.154. The highest BCUT2D eigenvalue weighted by Crippen LogP contribution is 2.25. The highest BCUT2D eigenvalue weighted by Gasteiger charge is 2.10. The highest BCUT2D eigenvalue weighted by atomic mass is 32.2. The van der Waals surface area contributed by atoms with Crippen molar-refractivity contribution in [2.75, 3.05) is 6.26 Å². The molecule has 0 bridgehead atoms. The molecule has 0 aliphatic heterocycles. The Kier molecular flexibility index (Phi) is 4.17. The van der Waals surface area contributed by atoms with Crippen LogP contribution in [0.5, 0.6) is 11.6 Å². The molecule has 0 atom stereocenters. The van der Waals surface area contributed by atoms with Gasteiger partial charge < -0.3 is 10.5 Å². The summed E-state index contributed by atoms with van der Waals surface area (Å²) in [7, 11) is 0. The third kappa shape index (κ3) is 2.80. The van der Waals surface area contributed by atoms with Crippen LogP contribution in [0.4, 0.5) is 4.39 Å². The van der Waals surface area contributed by atoms with Crippen LogP contribution in [0.25, 0.3) is 0 Å². The number of nitrogens with two attached hydrogens (primary N) is 1. The largest absolute Gasteiger partial charge is 0.436 e. The van der Waals surface area contributed by atoms with Crippen molar-refractivity contribution in [3.05, 3.63) is 47.9 Å². The molecule has 0 saturated heterocycles. The molecule has 0 aliphatic rings. The summed E-state index contributed by atoms with van der Waals surface area (Å²) >= 11 is 1.63. The van der Waals surface area contributed by atoms with Crippen molar-refractivity contribution < 1.29 is 9.13 Å². The van der Waals surface area contributed by atoms with Gasteiger partial charge in [-0.1, -0.05) is 0 Å². The SMILES string of the molecule is CSc1ccc(Oc2nccc(CN)c2F)cc1. The van der Waals surface area contributed by atoms with Gasteiger partial charge in [0.15, 0.2) is 5.82 Å². The van der Waals surface area contributed by atoms with Gasteiger partial charge in [0.25, 0.3) is 5.88 Å². The fourth-order valence-electron chi connectivity index (χ4n) is 1.45. The zero-order chi connectivity index (χ0) is 13.0. The first kappa shape index (κ1) is 12.9. The average molecular weight is 264 g/mol. The molecule has 1 aromatic heterocycles. The maximum Gasteiger partial charge on any atom is 0.256 e. The van der Waals surface area contributed by atoms with E-state index in [9.17, 15) is 4.39 Å². The van der Waals surface area contributed by atoms with Crippen LogP contribution < -0.4 is 10.5 Å². The third-order valence-corrected chi connectivity index (χ3v) is 3.17. The monoisotopic (exact) mass is 264 g/mol. The van der Waals surface area contributed by atoms with Crippen molar-refractivity contribution in [1.29, 1.82) is 0 Å². The number of halogens is 1. The van der Waals surface area contributed by atoms with Crippen LogP contribution in [0.2, 0.25) is 0 Å². The van der Waals surface area contributed by atoms with E-state index >= 15 is 0 Å². The van der Waals surface area contributed by atoms with Crippen molar-refractivity contribution in [3.8, 4) is 11.6 Å². The number of thioether (sulfide) groups is 1. The quantitative estimate of drug-likeness (QED) is 0.861. The molecule has 2 N–H and O–H groups in total. The van der Waals surface area contributed by atoms with Gasteiger partial charge in [-0.05, 0) is 36.6 Å². The van der Waals surface area contributed by atoms with E-state index < -0.39 is 5.82 Å². The molecule has 0 amide bonds. The molecule has 1 aromatic carbocycles. The topological polar surface area (TPSA) is 48.1 Å². The van der Waals surface area contributed by atoms with Crippen molar-refractivity contribution in [3.63, 3.8) is 0 Å². The van der Waals surface area contributed by atoms with E-state index in [0.717, 1.165) is 4.90 Å². The summed E-state index contributed by atoms with van der Waals surface area (Å²) in [6, 6.07) is 8.92. The molecule has 3 nitrogen and oxygen atoms in total. The van der Waals surface area contributed by atoms with Crippen LogP contribution in [0, 0.1) is 5.82 Å². The summed E-state index contributed by atoms with van der Waals surface area (Å²) in [5, 5.41) is 0. The normalized spacial score (nSPS) is 10.4. The summed E-state index contributed by atoms with van der Waals surface area (Å²) in [6.07, 6.45) is 3.47. The predicted molar refractivity (Wildman–Crippen MR) is 70.4 cm³/mol. The zero-order valence-electron chi connectivity index (χ0n) is 9.89. The molecular weight excluding hydrogens is 251 g/mol. The van der Waals surface area contributed by atoms with Crippen LogP contribution in [-0.4, -0.2) is 11.2 Å². The van der Waals surface area contributed by atoms with Gasteiger partial charge in [-0.3, -0.25) is 0 Å². The molecule has 94 valence electrons. The smallest absolute Gasteiger partial charge is 0.256 e. The zero-order valence-corrected chi connectivity index (χ0v) is 10.7. The molecule has 18 heavy (non-hydrogen) atoms. The number of hydrogen-bond acceptors (Lipinski definition) is 4. The number of aromatic nitrogens is 1. The first-order chi connectivity index (χ1) is 8.74. The standard InChI is InChI=1S/C13H13FN2OS/c1-18-11-4-2-10(3-5-11)17-13-12(14)9(8-15)6-7-16-13/h2-7H,8,15H2,1H3. The fourth-order valence-corrected chi connectivity index (χ4v) is 1.85. The molecule has 0 saturated carbocycles. The molecule has 2 aromatic rings.